The van der Waals surface area contributed by atoms with Crippen molar-refractivity contribution in [2.24, 2.45) is 5.10 Å². The van der Waals surface area contributed by atoms with E-state index >= 15 is 0 Å². The molecule has 4 aromatic carbocycles. The average molecular weight is 591 g/mol. The highest BCUT2D eigenvalue weighted by molar-refractivity contribution is 7.92. The summed E-state index contributed by atoms with van der Waals surface area (Å²) < 4.78 is 32.5. The molecule has 0 bridgehead atoms. The van der Waals surface area contributed by atoms with Crippen LogP contribution in [0.3, 0.4) is 0 Å². The molecule has 0 aliphatic rings. The van der Waals surface area contributed by atoms with Crippen molar-refractivity contribution in [1.82, 2.24) is 5.43 Å². The number of aryl methyl sites for hydroxylation is 1. The second kappa shape index (κ2) is 13.1. The summed E-state index contributed by atoms with van der Waals surface area (Å²) in [4.78, 5) is 24.8. The fraction of sp³-hybridized carbons (Fsp3) is 0.100. The minimum Gasteiger partial charge on any atom is -0.484 e. The molecule has 0 atom stereocenters. The van der Waals surface area contributed by atoms with E-state index in [4.69, 9.17) is 16.3 Å². The molecule has 2 amide bonds. The predicted octanol–water partition coefficient (Wildman–Crippen LogP) is 5.25. The van der Waals surface area contributed by atoms with E-state index in [9.17, 15) is 18.0 Å². The fourth-order valence-corrected chi connectivity index (χ4v) is 4.99. The van der Waals surface area contributed by atoms with Crippen molar-refractivity contribution >= 4 is 51.0 Å². The van der Waals surface area contributed by atoms with E-state index in [1.807, 2.05) is 6.92 Å². The summed E-state index contributed by atoms with van der Waals surface area (Å²) in [5.74, 6) is -0.324. The molecule has 9 nitrogen and oxygen atoms in total. The smallest absolute Gasteiger partial charge is 0.271 e. The summed E-state index contributed by atoms with van der Waals surface area (Å²) in [6.45, 7) is 1.69. The number of halogens is 1. The number of hydrazone groups is 1. The van der Waals surface area contributed by atoms with Crippen molar-refractivity contribution in [3.8, 4) is 5.75 Å². The predicted molar refractivity (Wildman–Crippen MR) is 160 cm³/mol. The van der Waals surface area contributed by atoms with Gasteiger partial charge in [-0.3, -0.25) is 13.9 Å². The van der Waals surface area contributed by atoms with Crippen LogP contribution >= 0.6 is 11.6 Å². The standard InChI is InChI=1S/C30H27ClN4O5S/c1-21-7-17-26(18-8-21)41(38,39)35(2)24-13-11-23(12-14-24)30(37)34-32-19-22-9-15-25(16-10-22)40-20-29(36)33-28-6-4-3-5-27(28)31/h3-19H,20H2,1-2H3,(H,33,36)(H,34,37)/b32-19-. The molecule has 0 heterocycles. The van der Waals surface area contributed by atoms with Gasteiger partial charge < -0.3 is 10.1 Å². The van der Waals surface area contributed by atoms with Gasteiger partial charge in [-0.05, 0) is 85.3 Å². The first kappa shape index (κ1) is 29.3. The lowest BCUT2D eigenvalue weighted by molar-refractivity contribution is -0.118. The Bertz CT molecular complexity index is 1660. The second-order valence-corrected chi connectivity index (χ2v) is 11.3. The molecule has 0 saturated carbocycles. The Labute approximate surface area is 243 Å². The van der Waals surface area contributed by atoms with Gasteiger partial charge in [0.25, 0.3) is 21.8 Å². The van der Waals surface area contributed by atoms with E-state index in [0.29, 0.717) is 33.3 Å². The lowest BCUT2D eigenvalue weighted by Gasteiger charge is -2.19. The minimum absolute atomic E-state index is 0.181. The van der Waals surface area contributed by atoms with Gasteiger partial charge in [0.05, 0.1) is 27.5 Å². The monoisotopic (exact) mass is 590 g/mol. The van der Waals surface area contributed by atoms with Gasteiger partial charge in [0.2, 0.25) is 0 Å². The maximum atomic E-state index is 12.9. The number of amides is 2. The third-order valence-corrected chi connectivity index (χ3v) is 8.08. The number of para-hydroxylation sites is 1. The Morgan fingerprint density at radius 3 is 2.24 bits per heavy atom. The van der Waals surface area contributed by atoms with Crippen molar-refractivity contribution in [1.29, 1.82) is 0 Å². The highest BCUT2D eigenvalue weighted by atomic mass is 35.5. The van der Waals surface area contributed by atoms with Gasteiger partial charge in [-0.2, -0.15) is 5.10 Å². The van der Waals surface area contributed by atoms with Crippen molar-refractivity contribution in [3.63, 3.8) is 0 Å². The molecule has 11 heteroatoms. The summed E-state index contributed by atoms with van der Waals surface area (Å²) in [6.07, 6.45) is 1.46. The Balaban J connectivity index is 1.27. The lowest BCUT2D eigenvalue weighted by atomic mass is 10.2. The molecule has 0 fully saturated rings. The van der Waals surface area contributed by atoms with Gasteiger partial charge in [0.15, 0.2) is 6.61 Å². The molecule has 4 rings (SSSR count). The number of ether oxygens (including phenoxy) is 1. The van der Waals surface area contributed by atoms with E-state index in [2.05, 4.69) is 15.8 Å². The fourth-order valence-electron chi connectivity index (χ4n) is 3.61. The maximum Gasteiger partial charge on any atom is 0.271 e. The van der Waals surface area contributed by atoms with E-state index in [-0.39, 0.29) is 17.4 Å². The molecule has 210 valence electrons. The number of hydrogen-bond acceptors (Lipinski definition) is 6. The van der Waals surface area contributed by atoms with E-state index in [1.54, 1.807) is 84.9 Å². The molecule has 0 aliphatic heterocycles. The van der Waals surface area contributed by atoms with Crippen LogP contribution in [0, 0.1) is 6.92 Å². The normalized spacial score (nSPS) is 11.2. The highest BCUT2D eigenvalue weighted by Gasteiger charge is 2.21. The third kappa shape index (κ3) is 7.71. The molecule has 0 unspecified atom stereocenters. The largest absolute Gasteiger partial charge is 0.484 e. The number of benzene rings is 4. The van der Waals surface area contributed by atoms with Crippen molar-refractivity contribution in [2.45, 2.75) is 11.8 Å². The van der Waals surface area contributed by atoms with E-state index in [1.165, 1.54) is 25.4 Å². The van der Waals surface area contributed by atoms with Gasteiger partial charge in [0, 0.05) is 12.6 Å². The van der Waals surface area contributed by atoms with Crippen molar-refractivity contribution in [2.75, 3.05) is 23.3 Å². The van der Waals surface area contributed by atoms with Crippen LogP contribution < -0.4 is 19.8 Å². The van der Waals surface area contributed by atoms with Crippen LogP contribution in [0.1, 0.15) is 21.5 Å². The SMILES string of the molecule is Cc1ccc(S(=O)(=O)N(C)c2ccc(C(=O)N/N=C\c3ccc(OCC(=O)Nc4ccccc4Cl)cc3)cc2)cc1. The third-order valence-electron chi connectivity index (χ3n) is 5.95. The first-order valence-electron chi connectivity index (χ1n) is 12.4. The summed E-state index contributed by atoms with van der Waals surface area (Å²) in [5.41, 5.74) is 5.32. The van der Waals surface area contributed by atoms with Crippen LogP contribution in [-0.4, -0.2) is 40.1 Å². The molecule has 0 spiro atoms. The summed E-state index contributed by atoms with van der Waals surface area (Å²) in [7, 11) is -2.28. The zero-order valence-corrected chi connectivity index (χ0v) is 23.8. The molecule has 41 heavy (non-hydrogen) atoms. The first-order chi connectivity index (χ1) is 19.6. The van der Waals surface area contributed by atoms with Gasteiger partial charge in [-0.1, -0.05) is 41.4 Å². The van der Waals surface area contributed by atoms with E-state index in [0.717, 1.165) is 9.87 Å². The molecular formula is C30H27ClN4O5S. The molecular weight excluding hydrogens is 564 g/mol. The number of nitrogens with zero attached hydrogens (tertiary/aromatic N) is 2. The van der Waals surface area contributed by atoms with Crippen LogP contribution in [0.25, 0.3) is 0 Å². The molecule has 0 saturated heterocycles. The summed E-state index contributed by atoms with van der Waals surface area (Å²) >= 11 is 6.04. The van der Waals surface area contributed by atoms with Crippen LogP contribution in [0.2, 0.25) is 5.02 Å². The summed E-state index contributed by atoms with van der Waals surface area (Å²) in [5, 5.41) is 7.09. The molecule has 0 radical (unpaired) electrons. The van der Waals surface area contributed by atoms with Crippen molar-refractivity contribution in [3.05, 3.63) is 119 Å². The zero-order chi connectivity index (χ0) is 29.4. The molecule has 2 N–H and O–H groups in total. The Morgan fingerprint density at radius 1 is 0.927 bits per heavy atom. The number of nitrogens with one attached hydrogen (secondary N) is 2. The number of hydrogen-bond donors (Lipinski definition) is 2. The average Bonchev–Trinajstić information content (AvgIpc) is 2.98. The first-order valence-corrected chi connectivity index (χ1v) is 14.2. The van der Waals surface area contributed by atoms with Crippen molar-refractivity contribution < 1.29 is 22.7 Å². The maximum absolute atomic E-state index is 12.9. The van der Waals surface area contributed by atoms with Gasteiger partial charge in [-0.25, -0.2) is 13.8 Å². The second-order valence-electron chi connectivity index (χ2n) is 8.92. The van der Waals surface area contributed by atoms with Crippen LogP contribution in [0.4, 0.5) is 11.4 Å². The van der Waals surface area contributed by atoms with E-state index < -0.39 is 15.9 Å². The number of sulfonamides is 1. The zero-order valence-electron chi connectivity index (χ0n) is 22.2. The van der Waals surface area contributed by atoms with Crippen LogP contribution in [0.15, 0.2) is 107 Å². The Hall–Kier alpha value is -4.67. The Kier molecular flexibility index (Phi) is 9.38. The highest BCUT2D eigenvalue weighted by Crippen LogP contribution is 2.23. The van der Waals surface area contributed by atoms with Crippen LogP contribution in [-0.2, 0) is 14.8 Å². The van der Waals surface area contributed by atoms with Gasteiger partial charge in [0.1, 0.15) is 5.75 Å². The number of carbonyl (C=O) groups excluding carboxylic acids is 2. The molecule has 0 aromatic heterocycles. The number of anilines is 2. The summed E-state index contributed by atoms with van der Waals surface area (Å²) in [6, 6.07) is 26.4. The number of carbonyl (C=O) groups is 2. The van der Waals surface area contributed by atoms with Gasteiger partial charge in [-0.15, -0.1) is 0 Å². The topological polar surface area (TPSA) is 117 Å². The minimum atomic E-state index is -3.74. The molecule has 0 aliphatic carbocycles. The number of rotatable bonds is 10. The quantitative estimate of drug-likeness (QED) is 0.193. The van der Waals surface area contributed by atoms with Crippen LogP contribution in [0.5, 0.6) is 5.75 Å². The Morgan fingerprint density at radius 2 is 1.59 bits per heavy atom. The van der Waals surface area contributed by atoms with Gasteiger partial charge >= 0.3 is 0 Å². The lowest BCUT2D eigenvalue weighted by Crippen LogP contribution is -2.26. The molecule has 4 aromatic rings.